The smallest absolute Gasteiger partial charge is 0.269 e. The van der Waals surface area contributed by atoms with Crippen LogP contribution in [0, 0.1) is 0 Å². The molecule has 0 aliphatic carbocycles. The highest BCUT2D eigenvalue weighted by atomic mass is 32.2. The summed E-state index contributed by atoms with van der Waals surface area (Å²) >= 11 is 1.10. The molecule has 4 aromatic rings. The van der Waals surface area contributed by atoms with Crippen molar-refractivity contribution in [2.45, 2.75) is 18.0 Å². The number of para-hydroxylation sites is 2. The van der Waals surface area contributed by atoms with Crippen molar-refractivity contribution in [2.75, 3.05) is 4.31 Å². The van der Waals surface area contributed by atoms with Gasteiger partial charge < -0.3 is 0 Å². The molecule has 0 amide bonds. The summed E-state index contributed by atoms with van der Waals surface area (Å²) < 4.78 is 55.6. The molecule has 0 spiro atoms. The second-order valence-corrected chi connectivity index (χ2v) is 8.54. The summed E-state index contributed by atoms with van der Waals surface area (Å²) in [5.74, 6) is -0.0640. The van der Waals surface area contributed by atoms with Crippen molar-refractivity contribution in [2.24, 2.45) is 0 Å². The molecule has 10 heteroatoms. The van der Waals surface area contributed by atoms with Gasteiger partial charge in [0, 0.05) is 11.6 Å². The third-order valence-electron chi connectivity index (χ3n) is 4.11. The number of halogens is 2. The number of nitrogens with zero attached hydrogens (tertiary/aromatic N) is 4. The molecule has 2 heterocycles. The number of benzene rings is 2. The van der Waals surface area contributed by atoms with E-state index in [-0.39, 0.29) is 27.9 Å². The van der Waals surface area contributed by atoms with Crippen LogP contribution in [-0.4, -0.2) is 23.0 Å². The molecule has 4 rings (SSSR count). The molecule has 28 heavy (non-hydrogen) atoms. The van der Waals surface area contributed by atoms with E-state index in [1.807, 2.05) is 0 Å². The summed E-state index contributed by atoms with van der Waals surface area (Å²) in [6, 6.07) is 14.2. The van der Waals surface area contributed by atoms with Crippen LogP contribution in [0.1, 0.15) is 12.4 Å². The zero-order valence-corrected chi connectivity index (χ0v) is 15.9. The van der Waals surface area contributed by atoms with Crippen molar-refractivity contribution < 1.29 is 17.2 Å². The maximum absolute atomic E-state index is 13.7. The highest BCUT2D eigenvalue weighted by Crippen LogP contribution is 2.30. The third kappa shape index (κ3) is 3.25. The van der Waals surface area contributed by atoms with Crippen LogP contribution in [-0.2, 0) is 16.6 Å². The van der Waals surface area contributed by atoms with Gasteiger partial charge in [0.05, 0.1) is 22.5 Å². The number of sulfonamides is 1. The SMILES string of the molecule is O=S(=O)(c1ccccc1)N(Cc1nc2ccccc2n1C(F)F)c1nccs1. The van der Waals surface area contributed by atoms with Gasteiger partial charge in [-0.25, -0.2) is 22.7 Å². The molecule has 2 aromatic heterocycles. The van der Waals surface area contributed by atoms with Crippen LogP contribution in [0.4, 0.5) is 13.9 Å². The van der Waals surface area contributed by atoms with Gasteiger partial charge in [0.2, 0.25) is 0 Å². The second-order valence-electron chi connectivity index (χ2n) is 5.80. The van der Waals surface area contributed by atoms with E-state index in [2.05, 4.69) is 9.97 Å². The molecule has 0 fully saturated rings. The van der Waals surface area contributed by atoms with Crippen LogP contribution in [0.5, 0.6) is 0 Å². The zero-order chi connectivity index (χ0) is 19.7. The number of aromatic nitrogens is 3. The predicted octanol–water partition coefficient (Wildman–Crippen LogP) is 4.28. The molecule has 0 bridgehead atoms. The number of fused-ring (bicyclic) bond motifs is 1. The minimum absolute atomic E-state index is 0.0462. The highest BCUT2D eigenvalue weighted by molar-refractivity contribution is 7.93. The van der Waals surface area contributed by atoms with Crippen molar-refractivity contribution in [1.82, 2.24) is 14.5 Å². The number of imidazole rings is 1. The molecule has 0 N–H and O–H groups in total. The number of alkyl halides is 2. The molecule has 0 aliphatic rings. The maximum atomic E-state index is 13.7. The number of thiazole rings is 1. The van der Waals surface area contributed by atoms with Crippen LogP contribution in [0.25, 0.3) is 11.0 Å². The first-order chi connectivity index (χ1) is 13.5. The molecular weight excluding hydrogens is 406 g/mol. The fraction of sp³-hybridized carbons (Fsp3) is 0.111. The lowest BCUT2D eigenvalue weighted by molar-refractivity contribution is 0.0716. The Morgan fingerprint density at radius 2 is 1.79 bits per heavy atom. The van der Waals surface area contributed by atoms with Crippen LogP contribution in [0.2, 0.25) is 0 Å². The summed E-state index contributed by atoms with van der Waals surface area (Å²) in [5, 5.41) is 1.80. The lowest BCUT2D eigenvalue weighted by atomic mass is 10.3. The molecule has 0 aliphatic heterocycles. The first-order valence-electron chi connectivity index (χ1n) is 8.20. The number of hydrogen-bond acceptors (Lipinski definition) is 5. The molecule has 0 unspecified atom stereocenters. The molecule has 0 radical (unpaired) electrons. The molecule has 0 saturated heterocycles. The Hall–Kier alpha value is -2.85. The Balaban J connectivity index is 1.85. The van der Waals surface area contributed by atoms with E-state index in [9.17, 15) is 17.2 Å². The van der Waals surface area contributed by atoms with Crippen LogP contribution in [0.15, 0.2) is 71.1 Å². The lowest BCUT2D eigenvalue weighted by Gasteiger charge is -2.22. The third-order valence-corrected chi connectivity index (χ3v) is 6.77. The van der Waals surface area contributed by atoms with E-state index >= 15 is 0 Å². The van der Waals surface area contributed by atoms with Gasteiger partial charge in [-0.2, -0.15) is 8.78 Å². The van der Waals surface area contributed by atoms with Crippen LogP contribution < -0.4 is 4.31 Å². The summed E-state index contributed by atoms with van der Waals surface area (Å²) in [4.78, 5) is 8.36. The van der Waals surface area contributed by atoms with E-state index < -0.39 is 16.6 Å². The predicted molar refractivity (Wildman–Crippen MR) is 103 cm³/mol. The molecule has 144 valence electrons. The highest BCUT2D eigenvalue weighted by Gasteiger charge is 2.30. The van der Waals surface area contributed by atoms with Crippen molar-refractivity contribution in [1.29, 1.82) is 0 Å². The summed E-state index contributed by atoms with van der Waals surface area (Å²) in [6.07, 6.45) is 1.46. The van der Waals surface area contributed by atoms with E-state index in [0.717, 1.165) is 20.2 Å². The molecule has 6 nitrogen and oxygen atoms in total. The fourth-order valence-corrected chi connectivity index (χ4v) is 5.13. The monoisotopic (exact) mass is 420 g/mol. The van der Waals surface area contributed by atoms with Gasteiger partial charge in [-0.3, -0.25) is 4.57 Å². The molecular formula is C18H14F2N4O2S2. The van der Waals surface area contributed by atoms with Gasteiger partial charge in [-0.05, 0) is 24.3 Å². The average molecular weight is 420 g/mol. The fourth-order valence-electron chi connectivity index (χ4n) is 2.87. The van der Waals surface area contributed by atoms with E-state index in [1.54, 1.807) is 41.8 Å². The largest absolute Gasteiger partial charge is 0.320 e. The van der Waals surface area contributed by atoms with Gasteiger partial charge in [-0.1, -0.05) is 30.3 Å². The topological polar surface area (TPSA) is 68.1 Å². The number of hydrogen-bond donors (Lipinski definition) is 0. The van der Waals surface area contributed by atoms with Crippen molar-refractivity contribution in [3.63, 3.8) is 0 Å². The zero-order valence-electron chi connectivity index (χ0n) is 14.3. The Morgan fingerprint density at radius 1 is 1.07 bits per heavy atom. The summed E-state index contributed by atoms with van der Waals surface area (Å²) in [5.41, 5.74) is 0.609. The quantitative estimate of drug-likeness (QED) is 0.467. The van der Waals surface area contributed by atoms with Crippen molar-refractivity contribution in [3.05, 3.63) is 72.0 Å². The summed E-state index contributed by atoms with van der Waals surface area (Å²) in [6.45, 7) is -3.23. The van der Waals surface area contributed by atoms with Gasteiger partial charge in [0.15, 0.2) is 5.13 Å². The Kier molecular flexibility index (Phi) is 4.82. The molecule has 0 saturated carbocycles. The number of anilines is 1. The van der Waals surface area contributed by atoms with Crippen molar-refractivity contribution in [3.8, 4) is 0 Å². The van der Waals surface area contributed by atoms with Gasteiger partial charge in [0.25, 0.3) is 10.0 Å². The van der Waals surface area contributed by atoms with E-state index in [0.29, 0.717) is 5.52 Å². The second kappa shape index (κ2) is 7.28. The summed E-state index contributed by atoms with van der Waals surface area (Å²) in [7, 11) is -4.02. The maximum Gasteiger partial charge on any atom is 0.320 e. The van der Waals surface area contributed by atoms with Gasteiger partial charge in [0.1, 0.15) is 5.82 Å². The minimum Gasteiger partial charge on any atom is -0.269 e. The number of rotatable bonds is 6. The van der Waals surface area contributed by atoms with Gasteiger partial charge in [-0.15, -0.1) is 11.3 Å². The van der Waals surface area contributed by atoms with E-state index in [4.69, 9.17) is 0 Å². The lowest BCUT2D eigenvalue weighted by Crippen LogP contribution is -2.31. The standard InChI is InChI=1S/C18H14F2N4O2S2/c19-17(20)24-15-9-5-4-8-14(15)22-16(24)12-23(18-21-10-11-27-18)28(25,26)13-6-2-1-3-7-13/h1-11,17H,12H2. The average Bonchev–Trinajstić information content (AvgIpc) is 3.34. The van der Waals surface area contributed by atoms with Crippen LogP contribution in [0.3, 0.4) is 0 Å². The first-order valence-corrected chi connectivity index (χ1v) is 10.5. The Morgan fingerprint density at radius 3 is 2.46 bits per heavy atom. The Bertz CT molecular complexity index is 1190. The minimum atomic E-state index is -4.02. The normalized spacial score (nSPS) is 12.0. The van der Waals surface area contributed by atoms with E-state index in [1.165, 1.54) is 24.4 Å². The molecule has 0 atom stereocenters. The van der Waals surface area contributed by atoms with Crippen LogP contribution >= 0.6 is 11.3 Å². The van der Waals surface area contributed by atoms with Crippen molar-refractivity contribution >= 4 is 37.5 Å². The molecule has 2 aromatic carbocycles. The Labute approximate surface area is 163 Å². The van der Waals surface area contributed by atoms with Gasteiger partial charge >= 0.3 is 6.55 Å². The first kappa shape index (κ1) is 18.5.